The van der Waals surface area contributed by atoms with Crippen LogP contribution in [0.3, 0.4) is 0 Å². The zero-order valence-electron chi connectivity index (χ0n) is 20.7. The van der Waals surface area contributed by atoms with Crippen molar-refractivity contribution in [1.82, 2.24) is 5.32 Å². The fourth-order valence-electron chi connectivity index (χ4n) is 3.73. The SMILES string of the molecule is CC(C)(C)OC(=O)N[C@@H](Cc1ccccc1)C(=O)Oc1cc(O)c2c(=O)cc(-c3ccccc3)oc2c1. The van der Waals surface area contributed by atoms with Gasteiger partial charge in [-0.05, 0) is 26.3 Å². The second kappa shape index (κ2) is 10.6. The van der Waals surface area contributed by atoms with Crippen molar-refractivity contribution in [2.75, 3.05) is 0 Å². The molecule has 1 aromatic heterocycles. The van der Waals surface area contributed by atoms with E-state index in [0.29, 0.717) is 11.3 Å². The number of hydrogen-bond donors (Lipinski definition) is 2. The molecule has 0 spiro atoms. The number of phenols is 1. The van der Waals surface area contributed by atoms with Gasteiger partial charge in [0.2, 0.25) is 0 Å². The zero-order valence-corrected chi connectivity index (χ0v) is 20.7. The molecule has 1 amide bonds. The van der Waals surface area contributed by atoms with Crippen molar-refractivity contribution >= 4 is 23.0 Å². The van der Waals surface area contributed by atoms with Gasteiger partial charge < -0.3 is 24.3 Å². The zero-order chi connectivity index (χ0) is 26.6. The number of hydrogen-bond acceptors (Lipinski definition) is 7. The fraction of sp³-hybridized carbons (Fsp3) is 0.207. The van der Waals surface area contributed by atoms with E-state index in [1.54, 1.807) is 45.0 Å². The molecule has 190 valence electrons. The lowest BCUT2D eigenvalue weighted by atomic mass is 10.1. The van der Waals surface area contributed by atoms with Crippen molar-refractivity contribution in [2.45, 2.75) is 38.8 Å². The minimum absolute atomic E-state index is 0.0350. The van der Waals surface area contributed by atoms with E-state index in [2.05, 4.69) is 5.32 Å². The van der Waals surface area contributed by atoms with Gasteiger partial charge in [-0.25, -0.2) is 9.59 Å². The van der Waals surface area contributed by atoms with Crippen LogP contribution in [-0.4, -0.2) is 28.8 Å². The van der Waals surface area contributed by atoms with Crippen molar-refractivity contribution < 1.29 is 28.6 Å². The molecule has 1 heterocycles. The molecule has 8 nitrogen and oxygen atoms in total. The van der Waals surface area contributed by atoms with Gasteiger partial charge in [0.05, 0.1) is 0 Å². The smallest absolute Gasteiger partial charge is 0.408 e. The Balaban J connectivity index is 1.63. The molecule has 0 unspecified atom stereocenters. The first-order chi connectivity index (χ1) is 17.6. The fourth-order valence-corrected chi connectivity index (χ4v) is 3.73. The molecule has 1 atom stereocenters. The summed E-state index contributed by atoms with van der Waals surface area (Å²) in [6.45, 7) is 5.14. The number of phenolic OH excluding ortho intramolecular Hbond substituents is 1. The van der Waals surface area contributed by atoms with Gasteiger partial charge in [-0.15, -0.1) is 0 Å². The number of carbonyl (C=O) groups is 2. The molecule has 4 aromatic rings. The maximum Gasteiger partial charge on any atom is 0.408 e. The van der Waals surface area contributed by atoms with Gasteiger partial charge >= 0.3 is 12.1 Å². The summed E-state index contributed by atoms with van der Waals surface area (Å²) < 4.78 is 16.7. The molecule has 0 saturated carbocycles. The second-order valence-electron chi connectivity index (χ2n) is 9.47. The topological polar surface area (TPSA) is 115 Å². The van der Waals surface area contributed by atoms with E-state index in [0.717, 1.165) is 11.6 Å². The van der Waals surface area contributed by atoms with Crippen LogP contribution in [0.1, 0.15) is 26.3 Å². The maximum absolute atomic E-state index is 13.2. The highest BCUT2D eigenvalue weighted by molar-refractivity contribution is 5.88. The van der Waals surface area contributed by atoms with Crippen molar-refractivity contribution in [3.63, 3.8) is 0 Å². The maximum atomic E-state index is 13.2. The number of fused-ring (bicyclic) bond motifs is 1. The molecule has 37 heavy (non-hydrogen) atoms. The van der Waals surface area contributed by atoms with Crippen molar-refractivity contribution in [1.29, 1.82) is 0 Å². The minimum atomic E-state index is -1.09. The summed E-state index contributed by atoms with van der Waals surface area (Å²) in [6.07, 6.45) is -0.628. The first kappa shape index (κ1) is 25.5. The Hall–Kier alpha value is -4.59. The third kappa shape index (κ3) is 6.55. The second-order valence-corrected chi connectivity index (χ2v) is 9.47. The molecule has 0 aliphatic rings. The molecule has 0 aliphatic heterocycles. The number of carbonyl (C=O) groups excluding carboxylic acids is 2. The van der Waals surface area contributed by atoms with Gasteiger partial charge in [0.25, 0.3) is 0 Å². The third-order valence-electron chi connectivity index (χ3n) is 5.32. The van der Waals surface area contributed by atoms with Gasteiger partial charge in [0, 0.05) is 30.2 Å². The number of nitrogens with one attached hydrogen (secondary N) is 1. The van der Waals surface area contributed by atoms with Crippen LogP contribution in [0.15, 0.2) is 88.1 Å². The highest BCUT2D eigenvalue weighted by Crippen LogP contribution is 2.31. The first-order valence-corrected chi connectivity index (χ1v) is 11.7. The lowest BCUT2D eigenvalue weighted by Gasteiger charge is -2.23. The van der Waals surface area contributed by atoms with Crippen molar-refractivity contribution in [2.24, 2.45) is 0 Å². The normalized spacial score (nSPS) is 12.1. The lowest BCUT2D eigenvalue weighted by molar-refractivity contribution is -0.136. The quantitative estimate of drug-likeness (QED) is 0.275. The summed E-state index contributed by atoms with van der Waals surface area (Å²) in [4.78, 5) is 38.3. The summed E-state index contributed by atoms with van der Waals surface area (Å²) in [5.74, 6) is -0.926. The summed E-state index contributed by atoms with van der Waals surface area (Å²) >= 11 is 0. The van der Waals surface area contributed by atoms with Crippen LogP contribution in [0.5, 0.6) is 11.5 Å². The average molecular weight is 502 g/mol. The summed E-state index contributed by atoms with van der Waals surface area (Å²) in [5, 5.41) is 13.0. The van der Waals surface area contributed by atoms with Crippen molar-refractivity contribution in [3.05, 3.63) is 94.6 Å². The predicted molar refractivity (Wildman–Crippen MR) is 139 cm³/mol. The summed E-state index contributed by atoms with van der Waals surface area (Å²) in [6, 6.07) is 20.8. The Morgan fingerprint density at radius 3 is 2.27 bits per heavy atom. The van der Waals surface area contributed by atoms with E-state index in [9.17, 15) is 19.5 Å². The molecule has 0 bridgehead atoms. The minimum Gasteiger partial charge on any atom is -0.507 e. The Morgan fingerprint density at radius 2 is 1.62 bits per heavy atom. The lowest BCUT2D eigenvalue weighted by Crippen LogP contribution is -2.46. The van der Waals surface area contributed by atoms with E-state index in [1.165, 1.54) is 12.1 Å². The standard InChI is InChI=1S/C29H27NO7/c1-29(2,3)37-28(34)30-21(14-18-10-6-4-7-11-18)27(33)35-20-15-22(31)26-23(32)17-24(36-25(26)16-20)19-12-8-5-9-13-19/h4-13,15-17,21,31H,14H2,1-3H3,(H,30,34)/t21-/m0/s1. The molecule has 4 rings (SSSR count). The first-order valence-electron chi connectivity index (χ1n) is 11.7. The van der Waals surface area contributed by atoms with E-state index in [4.69, 9.17) is 13.9 Å². The molecule has 0 radical (unpaired) electrons. The summed E-state index contributed by atoms with van der Waals surface area (Å²) in [5.41, 5.74) is 0.315. The highest BCUT2D eigenvalue weighted by atomic mass is 16.6. The van der Waals surface area contributed by atoms with Gasteiger partial charge in [0.15, 0.2) is 5.43 Å². The van der Waals surface area contributed by atoms with Crippen LogP contribution in [0.2, 0.25) is 0 Å². The van der Waals surface area contributed by atoms with Crippen LogP contribution >= 0.6 is 0 Å². The van der Waals surface area contributed by atoms with Crippen LogP contribution in [0.4, 0.5) is 4.79 Å². The van der Waals surface area contributed by atoms with Gasteiger partial charge in [-0.2, -0.15) is 0 Å². The van der Waals surface area contributed by atoms with Crippen LogP contribution < -0.4 is 15.5 Å². The van der Waals surface area contributed by atoms with Gasteiger partial charge in [-0.1, -0.05) is 60.7 Å². The molecular formula is C29H27NO7. The molecule has 0 aliphatic carbocycles. The van der Waals surface area contributed by atoms with Gasteiger partial charge in [0.1, 0.15) is 39.9 Å². The Labute approximate surface area is 213 Å². The molecule has 0 fully saturated rings. The van der Waals surface area contributed by atoms with Gasteiger partial charge in [-0.3, -0.25) is 4.79 Å². The monoisotopic (exact) mass is 501 g/mol. The largest absolute Gasteiger partial charge is 0.507 e. The van der Waals surface area contributed by atoms with Crippen LogP contribution in [0.25, 0.3) is 22.3 Å². The number of ether oxygens (including phenoxy) is 2. The molecule has 0 saturated heterocycles. The molecule has 3 aromatic carbocycles. The number of rotatable bonds is 6. The molecular weight excluding hydrogens is 474 g/mol. The van der Waals surface area contributed by atoms with E-state index < -0.39 is 34.9 Å². The Bertz CT molecular complexity index is 1470. The number of aromatic hydroxyl groups is 1. The predicted octanol–water partition coefficient (Wildman–Crippen LogP) is 5.21. The molecule has 2 N–H and O–H groups in total. The third-order valence-corrected chi connectivity index (χ3v) is 5.32. The number of amides is 1. The number of esters is 1. The number of benzene rings is 3. The number of alkyl carbamates (subject to hydrolysis) is 1. The van der Waals surface area contributed by atoms with Crippen LogP contribution in [0, 0.1) is 0 Å². The Kier molecular flexibility index (Phi) is 7.29. The van der Waals surface area contributed by atoms with Crippen molar-refractivity contribution in [3.8, 4) is 22.8 Å². The molecule has 8 heteroatoms. The van der Waals surface area contributed by atoms with E-state index >= 15 is 0 Å². The summed E-state index contributed by atoms with van der Waals surface area (Å²) in [7, 11) is 0. The highest BCUT2D eigenvalue weighted by Gasteiger charge is 2.27. The Morgan fingerprint density at radius 1 is 0.973 bits per heavy atom. The average Bonchev–Trinajstić information content (AvgIpc) is 2.83. The van der Waals surface area contributed by atoms with E-state index in [1.807, 2.05) is 36.4 Å². The van der Waals surface area contributed by atoms with E-state index in [-0.39, 0.29) is 23.1 Å². The van der Waals surface area contributed by atoms with Crippen LogP contribution in [-0.2, 0) is 16.0 Å².